The summed E-state index contributed by atoms with van der Waals surface area (Å²) < 4.78 is 5.03. The van der Waals surface area contributed by atoms with Gasteiger partial charge in [0.05, 0.1) is 12.2 Å². The van der Waals surface area contributed by atoms with E-state index in [1.165, 1.54) is 0 Å². The molecule has 1 N–H and O–H groups in total. The molecule has 94 valence electrons. The van der Waals surface area contributed by atoms with Crippen molar-refractivity contribution in [3.8, 4) is 0 Å². The molecule has 0 unspecified atom stereocenters. The molecule has 1 aromatic carbocycles. The first kappa shape index (κ1) is 15.2. The smallest absolute Gasteiger partial charge is 0.338 e. The summed E-state index contributed by atoms with van der Waals surface area (Å²) in [6, 6.07) is 9.05. The molecular weight excluding hydrogens is 220 g/mol. The molecule has 1 rings (SSSR count). The van der Waals surface area contributed by atoms with Gasteiger partial charge in [-0.25, -0.2) is 4.79 Å². The molecule has 0 saturated carbocycles. The number of aliphatic carboxylic acids is 1. The van der Waals surface area contributed by atoms with Crippen LogP contribution >= 0.6 is 0 Å². The first-order chi connectivity index (χ1) is 8.07. The first-order valence-corrected chi connectivity index (χ1v) is 5.49. The minimum atomic E-state index is -0.833. The Morgan fingerprint density at radius 1 is 1.24 bits per heavy atom. The van der Waals surface area contributed by atoms with E-state index in [-0.39, 0.29) is 5.97 Å². The molecule has 0 heterocycles. The zero-order chi connectivity index (χ0) is 13.1. The van der Waals surface area contributed by atoms with Gasteiger partial charge in [-0.05, 0) is 18.6 Å². The van der Waals surface area contributed by atoms with Gasteiger partial charge in [-0.15, -0.1) is 0 Å². The van der Waals surface area contributed by atoms with Crippen molar-refractivity contribution in [3.05, 3.63) is 35.9 Å². The summed E-state index contributed by atoms with van der Waals surface area (Å²) >= 11 is 0. The fourth-order valence-corrected chi connectivity index (χ4v) is 0.967. The van der Waals surface area contributed by atoms with Crippen LogP contribution in [0.15, 0.2) is 30.3 Å². The topological polar surface area (TPSA) is 63.6 Å². The van der Waals surface area contributed by atoms with Gasteiger partial charge in [-0.2, -0.15) is 0 Å². The number of ether oxygens (including phenoxy) is 1. The normalized spacial score (nSPS) is 8.82. The van der Waals surface area contributed by atoms with Gasteiger partial charge in [-0.1, -0.05) is 31.5 Å². The Hall–Kier alpha value is -1.84. The minimum absolute atomic E-state index is 0.228. The maximum atomic E-state index is 11.3. The van der Waals surface area contributed by atoms with Crippen LogP contribution < -0.4 is 0 Å². The highest BCUT2D eigenvalue weighted by atomic mass is 16.5. The summed E-state index contributed by atoms with van der Waals surface area (Å²) in [4.78, 5) is 20.3. The van der Waals surface area contributed by atoms with E-state index < -0.39 is 5.97 Å². The number of hydrogen-bond acceptors (Lipinski definition) is 3. The lowest BCUT2D eigenvalue weighted by Crippen LogP contribution is -2.05. The SMILES string of the molecule is CC(=O)O.CCCCOC(=O)c1ccccc1. The predicted octanol–water partition coefficient (Wildman–Crippen LogP) is 2.73. The summed E-state index contributed by atoms with van der Waals surface area (Å²) in [5.74, 6) is -1.06. The van der Waals surface area contributed by atoms with Crippen LogP contribution in [0.1, 0.15) is 37.0 Å². The fraction of sp³-hybridized carbons (Fsp3) is 0.385. The van der Waals surface area contributed by atoms with Crippen LogP contribution in [0, 0.1) is 0 Å². The van der Waals surface area contributed by atoms with Gasteiger partial charge in [0.1, 0.15) is 0 Å². The zero-order valence-electron chi connectivity index (χ0n) is 10.2. The number of carbonyl (C=O) groups is 2. The molecule has 0 amide bonds. The van der Waals surface area contributed by atoms with Crippen molar-refractivity contribution >= 4 is 11.9 Å². The van der Waals surface area contributed by atoms with Crippen molar-refractivity contribution in [1.29, 1.82) is 0 Å². The molecule has 0 aliphatic heterocycles. The van der Waals surface area contributed by atoms with Crippen LogP contribution in [0.2, 0.25) is 0 Å². The fourth-order valence-electron chi connectivity index (χ4n) is 0.967. The lowest BCUT2D eigenvalue weighted by Gasteiger charge is -2.02. The average Bonchev–Trinajstić information content (AvgIpc) is 2.30. The number of carbonyl (C=O) groups excluding carboxylic acids is 1. The Kier molecular flexibility index (Phi) is 8.37. The number of unbranched alkanes of at least 4 members (excludes halogenated alkanes) is 1. The largest absolute Gasteiger partial charge is 0.481 e. The second-order valence-electron chi connectivity index (χ2n) is 3.37. The molecule has 4 heteroatoms. The van der Waals surface area contributed by atoms with Crippen molar-refractivity contribution in [2.45, 2.75) is 26.7 Å². The van der Waals surface area contributed by atoms with Gasteiger partial charge in [0.15, 0.2) is 0 Å². The maximum Gasteiger partial charge on any atom is 0.338 e. The number of carboxylic acid groups (broad SMARTS) is 1. The van der Waals surface area contributed by atoms with E-state index in [9.17, 15) is 4.79 Å². The molecule has 0 spiro atoms. The van der Waals surface area contributed by atoms with E-state index in [1.54, 1.807) is 12.1 Å². The third-order valence-corrected chi connectivity index (χ3v) is 1.74. The summed E-state index contributed by atoms with van der Waals surface area (Å²) in [5.41, 5.74) is 0.624. The monoisotopic (exact) mass is 238 g/mol. The van der Waals surface area contributed by atoms with E-state index in [2.05, 4.69) is 6.92 Å². The Balaban J connectivity index is 0.000000557. The number of carboxylic acids is 1. The molecule has 1 aromatic rings. The molecule has 0 aliphatic rings. The average molecular weight is 238 g/mol. The Labute approximate surface area is 101 Å². The van der Waals surface area contributed by atoms with Crippen LogP contribution in [0.3, 0.4) is 0 Å². The minimum Gasteiger partial charge on any atom is -0.481 e. The summed E-state index contributed by atoms with van der Waals surface area (Å²) in [6.07, 6.45) is 1.97. The van der Waals surface area contributed by atoms with E-state index in [0.29, 0.717) is 12.2 Å². The van der Waals surface area contributed by atoms with Crippen molar-refractivity contribution in [2.75, 3.05) is 6.61 Å². The van der Waals surface area contributed by atoms with Gasteiger partial charge in [-0.3, -0.25) is 4.79 Å². The van der Waals surface area contributed by atoms with Crippen LogP contribution in [-0.2, 0) is 9.53 Å². The van der Waals surface area contributed by atoms with Gasteiger partial charge >= 0.3 is 5.97 Å². The summed E-state index contributed by atoms with van der Waals surface area (Å²) in [7, 11) is 0. The predicted molar refractivity (Wildman–Crippen MR) is 64.9 cm³/mol. The molecule has 0 bridgehead atoms. The summed E-state index contributed by atoms with van der Waals surface area (Å²) in [6.45, 7) is 3.67. The zero-order valence-corrected chi connectivity index (χ0v) is 10.2. The first-order valence-electron chi connectivity index (χ1n) is 5.49. The van der Waals surface area contributed by atoms with Crippen molar-refractivity contribution < 1.29 is 19.4 Å². The Bertz CT molecular complexity index is 329. The van der Waals surface area contributed by atoms with Gasteiger partial charge in [0, 0.05) is 6.92 Å². The van der Waals surface area contributed by atoms with E-state index >= 15 is 0 Å². The van der Waals surface area contributed by atoms with Crippen molar-refractivity contribution in [3.63, 3.8) is 0 Å². The number of hydrogen-bond donors (Lipinski definition) is 1. The van der Waals surface area contributed by atoms with E-state index in [4.69, 9.17) is 14.6 Å². The highest BCUT2D eigenvalue weighted by Crippen LogP contribution is 2.01. The lowest BCUT2D eigenvalue weighted by atomic mass is 10.2. The standard InChI is InChI=1S/C11H14O2.C2H4O2/c1-2-3-9-13-11(12)10-7-5-4-6-8-10;1-2(3)4/h4-8H,2-3,9H2,1H3;1H3,(H,3,4). The molecule has 4 nitrogen and oxygen atoms in total. The molecule has 0 aromatic heterocycles. The highest BCUT2D eigenvalue weighted by Gasteiger charge is 2.03. The molecule has 0 radical (unpaired) electrons. The molecule has 0 atom stereocenters. The van der Waals surface area contributed by atoms with Crippen LogP contribution in [-0.4, -0.2) is 23.7 Å². The number of benzene rings is 1. The van der Waals surface area contributed by atoms with Crippen molar-refractivity contribution in [2.24, 2.45) is 0 Å². The Morgan fingerprint density at radius 3 is 2.24 bits per heavy atom. The third kappa shape index (κ3) is 9.11. The molecule has 0 saturated heterocycles. The van der Waals surface area contributed by atoms with E-state index in [0.717, 1.165) is 19.8 Å². The van der Waals surface area contributed by atoms with Crippen LogP contribution in [0.4, 0.5) is 0 Å². The number of esters is 1. The maximum absolute atomic E-state index is 11.3. The third-order valence-electron chi connectivity index (χ3n) is 1.74. The highest BCUT2D eigenvalue weighted by molar-refractivity contribution is 5.89. The van der Waals surface area contributed by atoms with Gasteiger partial charge < -0.3 is 9.84 Å². The summed E-state index contributed by atoms with van der Waals surface area (Å²) in [5, 5.41) is 7.42. The van der Waals surface area contributed by atoms with Crippen LogP contribution in [0.25, 0.3) is 0 Å². The second-order valence-corrected chi connectivity index (χ2v) is 3.37. The van der Waals surface area contributed by atoms with Crippen molar-refractivity contribution in [1.82, 2.24) is 0 Å². The van der Waals surface area contributed by atoms with Gasteiger partial charge in [0.25, 0.3) is 5.97 Å². The quantitative estimate of drug-likeness (QED) is 0.647. The molecule has 17 heavy (non-hydrogen) atoms. The lowest BCUT2D eigenvalue weighted by molar-refractivity contribution is -0.134. The molecular formula is C13H18O4. The molecule has 0 fully saturated rings. The van der Waals surface area contributed by atoms with E-state index in [1.807, 2.05) is 18.2 Å². The Morgan fingerprint density at radius 2 is 1.76 bits per heavy atom. The number of rotatable bonds is 4. The van der Waals surface area contributed by atoms with Crippen LogP contribution in [0.5, 0.6) is 0 Å². The van der Waals surface area contributed by atoms with Gasteiger partial charge in [0.2, 0.25) is 0 Å². The molecule has 0 aliphatic carbocycles. The second kappa shape index (κ2) is 9.39.